The molecular formula is C26H34BrF4N3O3. The zero-order valence-electron chi connectivity index (χ0n) is 21.5. The van der Waals surface area contributed by atoms with E-state index < -0.39 is 42.3 Å². The smallest absolute Gasteiger partial charge is 0.407 e. The van der Waals surface area contributed by atoms with E-state index >= 15 is 0 Å². The molecule has 0 spiro atoms. The summed E-state index contributed by atoms with van der Waals surface area (Å²) in [6.45, 7) is 4.56. The molecule has 11 heteroatoms. The number of anilines is 1. The molecule has 2 rings (SSSR count). The standard InChI is InChI=1S/C26H34BrF4N3O3/c1-6-18(15-32-20-12-11-19(36-4)13-22(20)37-5)33-24(35)21(14-25(2,3)28)34-23(26(29,30)31)16-7-9-17(27)10-8-16/h7-13,18,21,23,32,34H,6,14-15H2,1-5H3,(H,33,35)/t18-,21?,23-/m0/s1. The summed E-state index contributed by atoms with van der Waals surface area (Å²) in [5, 5.41) is 8.32. The average molecular weight is 592 g/mol. The van der Waals surface area contributed by atoms with E-state index in [0.717, 1.165) is 0 Å². The molecule has 206 valence electrons. The Balaban J connectivity index is 2.20. The average Bonchev–Trinajstić information content (AvgIpc) is 2.83. The van der Waals surface area contributed by atoms with Crippen LogP contribution < -0.4 is 25.4 Å². The van der Waals surface area contributed by atoms with Crippen LogP contribution in [0.25, 0.3) is 0 Å². The molecule has 0 saturated carbocycles. The number of nitrogens with one attached hydrogen (secondary N) is 3. The van der Waals surface area contributed by atoms with Crippen molar-refractivity contribution in [1.29, 1.82) is 0 Å². The number of alkyl halides is 4. The normalized spacial score (nSPS) is 14.4. The van der Waals surface area contributed by atoms with Crippen LogP contribution in [-0.2, 0) is 4.79 Å². The fourth-order valence-corrected chi connectivity index (χ4v) is 3.99. The minimum atomic E-state index is -4.70. The Bertz CT molecular complexity index is 1010. The van der Waals surface area contributed by atoms with Crippen LogP contribution in [0.15, 0.2) is 46.9 Å². The lowest BCUT2D eigenvalue weighted by atomic mass is 9.97. The molecule has 1 amide bonds. The topological polar surface area (TPSA) is 71.6 Å². The maximum Gasteiger partial charge on any atom is 0.407 e. The van der Waals surface area contributed by atoms with E-state index in [1.807, 2.05) is 6.92 Å². The van der Waals surface area contributed by atoms with Crippen LogP contribution in [0.1, 0.15) is 45.2 Å². The molecule has 1 unspecified atom stereocenters. The zero-order chi connectivity index (χ0) is 27.8. The Morgan fingerprint density at radius 1 is 1.03 bits per heavy atom. The van der Waals surface area contributed by atoms with Crippen LogP contribution in [0.3, 0.4) is 0 Å². The lowest BCUT2D eigenvalue weighted by molar-refractivity contribution is -0.161. The largest absolute Gasteiger partial charge is 0.497 e. The highest BCUT2D eigenvalue weighted by Gasteiger charge is 2.44. The van der Waals surface area contributed by atoms with Crippen LogP contribution in [0, 0.1) is 0 Å². The SMILES string of the molecule is CC[C@@H](CNc1ccc(OC)cc1OC)NC(=O)C(CC(C)(C)F)N[C@@H](c1ccc(Br)cc1)C(F)(F)F. The number of amides is 1. The summed E-state index contributed by atoms with van der Waals surface area (Å²) in [4.78, 5) is 13.2. The van der Waals surface area contributed by atoms with Crippen LogP contribution in [0.5, 0.6) is 11.5 Å². The number of carbonyl (C=O) groups excluding carboxylic acids is 1. The van der Waals surface area contributed by atoms with Crippen molar-refractivity contribution in [3.63, 3.8) is 0 Å². The van der Waals surface area contributed by atoms with Crippen molar-refractivity contribution in [3.05, 3.63) is 52.5 Å². The molecule has 0 radical (unpaired) electrons. The van der Waals surface area contributed by atoms with Gasteiger partial charge in [0.15, 0.2) is 0 Å². The molecule has 0 heterocycles. The summed E-state index contributed by atoms with van der Waals surface area (Å²) in [6, 6.07) is 6.76. The predicted molar refractivity (Wildman–Crippen MR) is 140 cm³/mol. The molecular weight excluding hydrogens is 558 g/mol. The van der Waals surface area contributed by atoms with E-state index in [-0.39, 0.29) is 12.1 Å². The Kier molecular flexibility index (Phi) is 11.0. The number of hydrogen-bond acceptors (Lipinski definition) is 5. The van der Waals surface area contributed by atoms with Crippen molar-refractivity contribution < 1.29 is 31.8 Å². The van der Waals surface area contributed by atoms with Gasteiger partial charge in [-0.3, -0.25) is 10.1 Å². The molecule has 0 aliphatic heterocycles. The van der Waals surface area contributed by atoms with Gasteiger partial charge in [-0.05, 0) is 50.1 Å². The highest BCUT2D eigenvalue weighted by molar-refractivity contribution is 9.10. The first-order valence-corrected chi connectivity index (χ1v) is 12.6. The van der Waals surface area contributed by atoms with Crippen LogP contribution in [-0.4, -0.2) is 50.6 Å². The van der Waals surface area contributed by atoms with Gasteiger partial charge < -0.3 is 20.1 Å². The fourth-order valence-electron chi connectivity index (χ4n) is 3.73. The second-order valence-corrected chi connectivity index (χ2v) is 10.1. The lowest BCUT2D eigenvalue weighted by Gasteiger charge is -2.31. The predicted octanol–water partition coefficient (Wildman–Crippen LogP) is 6.17. The second kappa shape index (κ2) is 13.3. The summed E-state index contributed by atoms with van der Waals surface area (Å²) >= 11 is 3.21. The van der Waals surface area contributed by atoms with E-state index in [4.69, 9.17) is 9.47 Å². The van der Waals surface area contributed by atoms with Crippen molar-refractivity contribution >= 4 is 27.5 Å². The highest BCUT2D eigenvalue weighted by Crippen LogP contribution is 2.34. The second-order valence-electron chi connectivity index (χ2n) is 9.23. The lowest BCUT2D eigenvalue weighted by Crippen LogP contribution is -2.53. The molecule has 0 fully saturated rings. The van der Waals surface area contributed by atoms with Crippen molar-refractivity contribution in [1.82, 2.24) is 10.6 Å². The quantitative estimate of drug-likeness (QED) is 0.243. The number of benzene rings is 2. The van der Waals surface area contributed by atoms with Crippen molar-refractivity contribution in [2.45, 2.75) is 63.6 Å². The Morgan fingerprint density at radius 3 is 2.19 bits per heavy atom. The summed E-state index contributed by atoms with van der Waals surface area (Å²) in [5.41, 5.74) is -1.31. The molecule has 2 aromatic rings. The number of rotatable bonds is 13. The summed E-state index contributed by atoms with van der Waals surface area (Å²) in [5.74, 6) is 0.421. The molecule has 0 bridgehead atoms. The molecule has 0 aliphatic carbocycles. The minimum absolute atomic E-state index is 0.0783. The summed E-state index contributed by atoms with van der Waals surface area (Å²) < 4.78 is 67.7. The van der Waals surface area contributed by atoms with E-state index in [9.17, 15) is 22.4 Å². The van der Waals surface area contributed by atoms with Gasteiger partial charge in [-0.15, -0.1) is 0 Å². The third kappa shape index (κ3) is 9.70. The number of methoxy groups -OCH3 is 2. The Labute approximate surface area is 223 Å². The molecule has 2 aromatic carbocycles. The Morgan fingerprint density at radius 2 is 1.68 bits per heavy atom. The van der Waals surface area contributed by atoms with E-state index in [0.29, 0.717) is 28.1 Å². The zero-order valence-corrected chi connectivity index (χ0v) is 23.1. The number of halogens is 5. The monoisotopic (exact) mass is 591 g/mol. The molecule has 6 nitrogen and oxygen atoms in total. The third-order valence-corrected chi connectivity index (χ3v) is 6.22. The fraction of sp³-hybridized carbons (Fsp3) is 0.500. The first kappa shape index (κ1) is 30.7. The van der Waals surface area contributed by atoms with Crippen LogP contribution in [0.2, 0.25) is 0 Å². The summed E-state index contributed by atoms with van der Waals surface area (Å²) in [7, 11) is 3.05. The van der Waals surface area contributed by atoms with Gasteiger partial charge in [0.2, 0.25) is 5.91 Å². The van der Waals surface area contributed by atoms with Gasteiger partial charge in [0, 0.05) is 29.5 Å². The van der Waals surface area contributed by atoms with E-state index in [2.05, 4.69) is 31.9 Å². The van der Waals surface area contributed by atoms with Gasteiger partial charge in [-0.1, -0.05) is 35.0 Å². The van der Waals surface area contributed by atoms with Crippen molar-refractivity contribution in [2.24, 2.45) is 0 Å². The summed E-state index contributed by atoms with van der Waals surface area (Å²) in [6.07, 6.45) is -4.67. The van der Waals surface area contributed by atoms with Gasteiger partial charge in [0.25, 0.3) is 0 Å². The molecule has 3 atom stereocenters. The first-order valence-electron chi connectivity index (χ1n) is 11.8. The first-order chi connectivity index (χ1) is 17.3. The Hall–Kier alpha value is -2.53. The number of ether oxygens (including phenoxy) is 2. The molecule has 0 aliphatic rings. The maximum absolute atomic E-state index is 14.6. The number of hydrogen-bond donors (Lipinski definition) is 3. The molecule has 0 saturated heterocycles. The van der Waals surface area contributed by atoms with E-state index in [1.165, 1.54) is 52.3 Å². The molecule has 3 N–H and O–H groups in total. The minimum Gasteiger partial charge on any atom is -0.497 e. The third-order valence-electron chi connectivity index (χ3n) is 5.69. The number of carbonyl (C=O) groups is 1. The van der Waals surface area contributed by atoms with Crippen molar-refractivity contribution in [3.8, 4) is 11.5 Å². The maximum atomic E-state index is 14.6. The van der Waals surface area contributed by atoms with Crippen LogP contribution in [0.4, 0.5) is 23.2 Å². The van der Waals surface area contributed by atoms with Crippen LogP contribution >= 0.6 is 15.9 Å². The van der Waals surface area contributed by atoms with Gasteiger partial charge in [-0.2, -0.15) is 13.2 Å². The van der Waals surface area contributed by atoms with E-state index in [1.54, 1.807) is 18.2 Å². The highest BCUT2D eigenvalue weighted by atomic mass is 79.9. The van der Waals surface area contributed by atoms with Gasteiger partial charge >= 0.3 is 6.18 Å². The molecule has 0 aromatic heterocycles. The molecule has 37 heavy (non-hydrogen) atoms. The van der Waals surface area contributed by atoms with Crippen molar-refractivity contribution in [2.75, 3.05) is 26.1 Å². The van der Waals surface area contributed by atoms with Gasteiger partial charge in [-0.25, -0.2) is 4.39 Å². The van der Waals surface area contributed by atoms with Gasteiger partial charge in [0.1, 0.15) is 23.2 Å². The van der Waals surface area contributed by atoms with Gasteiger partial charge in [0.05, 0.1) is 25.9 Å².